The minimum absolute atomic E-state index is 0.0976. The summed E-state index contributed by atoms with van der Waals surface area (Å²) < 4.78 is 1.43. The van der Waals surface area contributed by atoms with E-state index in [4.69, 9.17) is 5.73 Å². The van der Waals surface area contributed by atoms with E-state index in [1.807, 2.05) is 0 Å². The SMILES string of the molecule is CNC(=O)Cn1cc(NC(=O)c2csc(CN)n2)cn1. The molecule has 0 radical (unpaired) electrons. The maximum Gasteiger partial charge on any atom is 0.275 e. The fourth-order valence-electron chi connectivity index (χ4n) is 1.44. The van der Waals surface area contributed by atoms with Crippen molar-refractivity contribution >= 4 is 28.8 Å². The Hall–Kier alpha value is -2.26. The molecule has 0 saturated heterocycles. The first-order valence-corrected chi connectivity index (χ1v) is 6.69. The second-order valence-corrected chi connectivity index (χ2v) is 4.83. The fourth-order valence-corrected chi connectivity index (χ4v) is 2.10. The molecule has 2 heterocycles. The summed E-state index contributed by atoms with van der Waals surface area (Å²) in [4.78, 5) is 27.2. The number of aromatic nitrogens is 3. The smallest absolute Gasteiger partial charge is 0.275 e. The van der Waals surface area contributed by atoms with E-state index in [-0.39, 0.29) is 18.4 Å². The molecule has 0 aliphatic carbocycles. The molecule has 2 amide bonds. The molecule has 2 aromatic rings. The van der Waals surface area contributed by atoms with Crippen LogP contribution >= 0.6 is 11.3 Å². The average molecular weight is 294 g/mol. The van der Waals surface area contributed by atoms with Crippen LogP contribution in [0, 0.1) is 0 Å². The summed E-state index contributed by atoms with van der Waals surface area (Å²) in [5, 5.41) is 11.5. The number of nitrogens with one attached hydrogen (secondary N) is 2. The number of hydrogen-bond acceptors (Lipinski definition) is 6. The molecular weight excluding hydrogens is 280 g/mol. The molecule has 0 aromatic carbocycles. The molecule has 0 spiro atoms. The van der Waals surface area contributed by atoms with E-state index in [1.165, 1.54) is 22.2 Å². The summed E-state index contributed by atoms with van der Waals surface area (Å²) in [6.45, 7) is 0.405. The van der Waals surface area contributed by atoms with Crippen LogP contribution < -0.4 is 16.4 Å². The van der Waals surface area contributed by atoms with E-state index in [2.05, 4.69) is 20.7 Å². The van der Waals surface area contributed by atoms with Crippen LogP contribution in [-0.2, 0) is 17.9 Å². The maximum atomic E-state index is 11.9. The molecular formula is C11H14N6O2S. The number of amides is 2. The van der Waals surface area contributed by atoms with Gasteiger partial charge in [0.05, 0.1) is 11.9 Å². The number of nitrogens with zero attached hydrogens (tertiary/aromatic N) is 3. The monoisotopic (exact) mass is 294 g/mol. The summed E-state index contributed by atoms with van der Waals surface area (Å²) in [5.41, 5.74) is 6.26. The van der Waals surface area contributed by atoms with Crippen LogP contribution in [-0.4, -0.2) is 33.6 Å². The Balaban J connectivity index is 1.99. The van der Waals surface area contributed by atoms with Gasteiger partial charge in [-0.1, -0.05) is 0 Å². The maximum absolute atomic E-state index is 11.9. The molecule has 9 heteroatoms. The number of likely N-dealkylation sites (N-methyl/N-ethyl adjacent to an activating group) is 1. The molecule has 4 N–H and O–H groups in total. The van der Waals surface area contributed by atoms with E-state index in [1.54, 1.807) is 18.6 Å². The molecule has 20 heavy (non-hydrogen) atoms. The summed E-state index contributed by atoms with van der Waals surface area (Å²) in [6, 6.07) is 0. The van der Waals surface area contributed by atoms with Crippen molar-refractivity contribution in [1.29, 1.82) is 0 Å². The lowest BCUT2D eigenvalue weighted by Gasteiger charge is -2.00. The molecule has 0 unspecified atom stereocenters. The summed E-state index contributed by atoms with van der Waals surface area (Å²) in [6.07, 6.45) is 3.04. The van der Waals surface area contributed by atoms with Gasteiger partial charge in [0.2, 0.25) is 5.91 Å². The van der Waals surface area contributed by atoms with Gasteiger partial charge in [0.1, 0.15) is 17.2 Å². The number of carbonyl (C=O) groups is 2. The normalized spacial score (nSPS) is 10.3. The number of nitrogens with two attached hydrogens (primary N) is 1. The molecule has 0 aliphatic heterocycles. The first-order chi connectivity index (χ1) is 9.62. The van der Waals surface area contributed by atoms with Gasteiger partial charge in [-0.05, 0) is 0 Å². The Morgan fingerprint density at radius 3 is 2.95 bits per heavy atom. The average Bonchev–Trinajstić information content (AvgIpc) is 3.07. The topological polar surface area (TPSA) is 115 Å². The Morgan fingerprint density at radius 2 is 2.30 bits per heavy atom. The molecule has 0 saturated carbocycles. The predicted octanol–water partition coefficient (Wildman–Crippen LogP) is -0.203. The van der Waals surface area contributed by atoms with Crippen LogP contribution in [0.15, 0.2) is 17.8 Å². The predicted molar refractivity (Wildman–Crippen MR) is 74.3 cm³/mol. The van der Waals surface area contributed by atoms with Crippen molar-refractivity contribution in [2.24, 2.45) is 5.73 Å². The zero-order chi connectivity index (χ0) is 14.5. The number of hydrogen-bond donors (Lipinski definition) is 3. The summed E-state index contributed by atoms with van der Waals surface area (Å²) >= 11 is 1.33. The van der Waals surface area contributed by atoms with Gasteiger partial charge in [-0.2, -0.15) is 5.10 Å². The van der Waals surface area contributed by atoms with E-state index in [9.17, 15) is 9.59 Å². The van der Waals surface area contributed by atoms with E-state index in [0.29, 0.717) is 22.9 Å². The highest BCUT2D eigenvalue weighted by molar-refractivity contribution is 7.09. The van der Waals surface area contributed by atoms with Crippen molar-refractivity contribution in [1.82, 2.24) is 20.1 Å². The highest BCUT2D eigenvalue weighted by Crippen LogP contribution is 2.12. The van der Waals surface area contributed by atoms with Crippen molar-refractivity contribution < 1.29 is 9.59 Å². The fraction of sp³-hybridized carbons (Fsp3) is 0.273. The molecule has 2 aromatic heterocycles. The number of anilines is 1. The van der Waals surface area contributed by atoms with Crippen LogP contribution in [0.4, 0.5) is 5.69 Å². The van der Waals surface area contributed by atoms with Crippen molar-refractivity contribution in [2.75, 3.05) is 12.4 Å². The molecule has 0 aliphatic rings. The number of thiazole rings is 1. The van der Waals surface area contributed by atoms with Crippen LogP contribution in [0.2, 0.25) is 0 Å². The molecule has 8 nitrogen and oxygen atoms in total. The van der Waals surface area contributed by atoms with Crippen LogP contribution in [0.3, 0.4) is 0 Å². The summed E-state index contributed by atoms with van der Waals surface area (Å²) in [5.74, 6) is -0.501. The number of carbonyl (C=O) groups excluding carboxylic acids is 2. The van der Waals surface area contributed by atoms with Gasteiger partial charge < -0.3 is 16.4 Å². The van der Waals surface area contributed by atoms with Crippen molar-refractivity contribution in [3.05, 3.63) is 28.5 Å². The zero-order valence-corrected chi connectivity index (χ0v) is 11.6. The summed E-state index contributed by atoms with van der Waals surface area (Å²) in [7, 11) is 1.55. The van der Waals surface area contributed by atoms with Gasteiger partial charge in [0.25, 0.3) is 5.91 Å². The largest absolute Gasteiger partial charge is 0.358 e. The highest BCUT2D eigenvalue weighted by atomic mass is 32.1. The van der Waals surface area contributed by atoms with Gasteiger partial charge in [0.15, 0.2) is 0 Å². The minimum Gasteiger partial charge on any atom is -0.358 e. The van der Waals surface area contributed by atoms with Gasteiger partial charge in [-0.25, -0.2) is 4.98 Å². The van der Waals surface area contributed by atoms with Gasteiger partial charge in [0, 0.05) is 25.2 Å². The second-order valence-electron chi connectivity index (χ2n) is 3.88. The van der Waals surface area contributed by atoms with E-state index < -0.39 is 0 Å². The minimum atomic E-state index is -0.333. The van der Waals surface area contributed by atoms with Gasteiger partial charge in [-0.15, -0.1) is 11.3 Å². The lowest BCUT2D eigenvalue weighted by atomic mass is 10.4. The first-order valence-electron chi connectivity index (χ1n) is 5.81. The van der Waals surface area contributed by atoms with Gasteiger partial charge >= 0.3 is 0 Å². The Morgan fingerprint density at radius 1 is 1.50 bits per heavy atom. The molecule has 0 atom stereocenters. The number of rotatable bonds is 5. The second kappa shape index (κ2) is 6.26. The van der Waals surface area contributed by atoms with Crippen LogP contribution in [0.1, 0.15) is 15.5 Å². The molecule has 2 rings (SSSR count). The Kier molecular flexibility index (Phi) is 4.43. The van der Waals surface area contributed by atoms with Gasteiger partial charge in [-0.3, -0.25) is 14.3 Å². The standard InChI is InChI=1S/C11H14N6O2S/c1-13-9(18)5-17-4-7(3-14-17)15-11(19)8-6-20-10(2-12)16-8/h3-4,6H,2,5,12H2,1H3,(H,13,18)(H,15,19). The van der Waals surface area contributed by atoms with Crippen LogP contribution in [0.5, 0.6) is 0 Å². The molecule has 0 bridgehead atoms. The van der Waals surface area contributed by atoms with E-state index >= 15 is 0 Å². The molecule has 0 fully saturated rings. The van der Waals surface area contributed by atoms with Crippen LogP contribution in [0.25, 0.3) is 0 Å². The Labute approximate surface area is 119 Å². The third-order valence-electron chi connectivity index (χ3n) is 2.43. The third kappa shape index (κ3) is 3.39. The lowest BCUT2D eigenvalue weighted by molar-refractivity contribution is -0.121. The van der Waals surface area contributed by atoms with Crippen molar-refractivity contribution in [2.45, 2.75) is 13.1 Å². The zero-order valence-electron chi connectivity index (χ0n) is 10.8. The first kappa shape index (κ1) is 14.2. The highest BCUT2D eigenvalue weighted by Gasteiger charge is 2.11. The quantitative estimate of drug-likeness (QED) is 0.706. The Bertz CT molecular complexity index is 620. The van der Waals surface area contributed by atoms with Crippen molar-refractivity contribution in [3.8, 4) is 0 Å². The third-order valence-corrected chi connectivity index (χ3v) is 3.31. The van der Waals surface area contributed by atoms with E-state index in [0.717, 1.165) is 0 Å². The lowest BCUT2D eigenvalue weighted by Crippen LogP contribution is -2.23. The van der Waals surface area contributed by atoms with Crippen molar-refractivity contribution in [3.63, 3.8) is 0 Å². The molecule has 106 valence electrons.